The molecule has 0 aliphatic carbocycles. The topological polar surface area (TPSA) is 122 Å². The van der Waals surface area contributed by atoms with Crippen LogP contribution in [-0.2, 0) is 20.7 Å². The van der Waals surface area contributed by atoms with Crippen LogP contribution in [-0.4, -0.2) is 64.2 Å². The summed E-state index contributed by atoms with van der Waals surface area (Å²) in [7, 11) is 0. The highest BCUT2D eigenvalue weighted by molar-refractivity contribution is 6.00. The second kappa shape index (κ2) is 13.1. The summed E-state index contributed by atoms with van der Waals surface area (Å²) in [5.41, 5.74) is 0.778. The number of alkyl halides is 1. The number of aliphatic hydroxyl groups is 1. The molecule has 1 aromatic rings. The summed E-state index contributed by atoms with van der Waals surface area (Å²) >= 11 is 0. The van der Waals surface area contributed by atoms with Gasteiger partial charge < -0.3 is 24.5 Å². The monoisotopic (exact) mass is 515 g/mol. The number of nitrogens with one attached hydrogen (secondary N) is 1. The highest BCUT2D eigenvalue weighted by atomic mass is 19.1. The average Bonchev–Trinajstić information content (AvgIpc) is 3.50. The molecule has 37 heavy (non-hydrogen) atoms. The van der Waals surface area contributed by atoms with Crippen LogP contribution in [0.3, 0.4) is 0 Å². The van der Waals surface area contributed by atoms with E-state index < -0.39 is 30.3 Å². The van der Waals surface area contributed by atoms with E-state index in [0.717, 1.165) is 6.26 Å². The van der Waals surface area contributed by atoms with Gasteiger partial charge in [0, 0.05) is 25.9 Å². The molecule has 2 bridgehead atoms. The molecule has 200 valence electrons. The number of cyclic esters (lactones) is 1. The first-order valence-corrected chi connectivity index (χ1v) is 12.4. The molecule has 0 saturated heterocycles. The van der Waals surface area contributed by atoms with Gasteiger partial charge in [-0.3, -0.25) is 9.59 Å². The third-order valence-corrected chi connectivity index (χ3v) is 5.97. The third kappa shape index (κ3) is 8.24. The molecule has 3 atom stereocenters. The predicted molar refractivity (Wildman–Crippen MR) is 134 cm³/mol. The first kappa shape index (κ1) is 28.0. The van der Waals surface area contributed by atoms with E-state index in [1.54, 1.807) is 31.2 Å². The van der Waals surface area contributed by atoms with Crippen molar-refractivity contribution in [1.82, 2.24) is 15.2 Å². The molecule has 10 heteroatoms. The first-order chi connectivity index (χ1) is 17.6. The van der Waals surface area contributed by atoms with E-state index >= 15 is 0 Å². The Balaban J connectivity index is 1.82. The van der Waals surface area contributed by atoms with Crippen LogP contribution in [0.1, 0.15) is 56.4 Å². The molecule has 2 amide bonds. The van der Waals surface area contributed by atoms with Crippen LogP contribution < -0.4 is 5.32 Å². The quantitative estimate of drug-likeness (QED) is 0.551. The molecule has 0 radical (unpaired) electrons. The molecule has 0 aromatic carbocycles. The van der Waals surface area contributed by atoms with Gasteiger partial charge in [-0.05, 0) is 25.3 Å². The molecule has 2 aliphatic rings. The number of nitrogens with zero attached hydrogens (tertiary/aromatic N) is 2. The Bertz CT molecular complexity index is 1100. The Morgan fingerprint density at radius 1 is 1.22 bits per heavy atom. The second-order valence-corrected chi connectivity index (χ2v) is 9.45. The number of oxazole rings is 1. The molecule has 3 rings (SSSR count). The van der Waals surface area contributed by atoms with Crippen molar-refractivity contribution < 1.29 is 33.0 Å². The smallest absolute Gasteiger partial charge is 0.355 e. The fourth-order valence-corrected chi connectivity index (χ4v) is 4.00. The van der Waals surface area contributed by atoms with Gasteiger partial charge in [0.05, 0.1) is 12.5 Å². The molecular weight excluding hydrogens is 481 g/mol. The molecule has 0 fully saturated rings. The SMILES string of the molecule is CC1=C\[C@@H](O)C[C@H](F)Cc2nc(co2)C(=O)N2CCC=C2C(=O)OC(C(C)C)C/C=C/C(=O)NC\C=C\1. The van der Waals surface area contributed by atoms with Crippen LogP contribution in [0.15, 0.2) is 58.4 Å². The highest BCUT2D eigenvalue weighted by Gasteiger charge is 2.32. The normalized spacial score (nSPS) is 28.0. The van der Waals surface area contributed by atoms with Crippen molar-refractivity contribution in [2.45, 2.75) is 64.8 Å². The minimum atomic E-state index is -1.46. The summed E-state index contributed by atoms with van der Waals surface area (Å²) in [5, 5.41) is 12.9. The zero-order chi connectivity index (χ0) is 26.9. The summed E-state index contributed by atoms with van der Waals surface area (Å²) < 4.78 is 25.6. The lowest BCUT2D eigenvalue weighted by atomic mass is 10.0. The number of ether oxygens (including phenoxy) is 1. The van der Waals surface area contributed by atoms with E-state index in [9.17, 15) is 23.9 Å². The molecule has 3 heterocycles. The number of amides is 2. The number of carbonyl (C=O) groups is 3. The number of rotatable bonds is 1. The van der Waals surface area contributed by atoms with Gasteiger partial charge in [-0.15, -0.1) is 0 Å². The van der Waals surface area contributed by atoms with Gasteiger partial charge in [-0.1, -0.05) is 49.8 Å². The van der Waals surface area contributed by atoms with E-state index in [2.05, 4.69) is 10.3 Å². The van der Waals surface area contributed by atoms with Crippen LogP contribution in [0.25, 0.3) is 0 Å². The van der Waals surface area contributed by atoms with Crippen LogP contribution in [0.5, 0.6) is 0 Å². The number of aliphatic hydroxyl groups excluding tert-OH is 1. The summed E-state index contributed by atoms with van der Waals surface area (Å²) in [6.07, 6.45) is 8.16. The number of hydrogen-bond acceptors (Lipinski definition) is 7. The minimum Gasteiger partial charge on any atom is -0.457 e. The van der Waals surface area contributed by atoms with Crippen molar-refractivity contribution in [3.63, 3.8) is 0 Å². The molecule has 1 aromatic heterocycles. The van der Waals surface area contributed by atoms with E-state index in [-0.39, 0.29) is 55.0 Å². The molecule has 1 unspecified atom stereocenters. The van der Waals surface area contributed by atoms with Crippen molar-refractivity contribution in [2.75, 3.05) is 13.1 Å². The number of hydrogen-bond donors (Lipinski definition) is 2. The lowest BCUT2D eigenvalue weighted by molar-refractivity contribution is -0.147. The van der Waals surface area contributed by atoms with E-state index in [1.165, 1.54) is 17.1 Å². The maximum absolute atomic E-state index is 14.6. The van der Waals surface area contributed by atoms with E-state index in [4.69, 9.17) is 9.15 Å². The third-order valence-electron chi connectivity index (χ3n) is 5.97. The fourth-order valence-electron chi connectivity index (χ4n) is 4.00. The summed E-state index contributed by atoms with van der Waals surface area (Å²) in [6.45, 7) is 6.10. The van der Waals surface area contributed by atoms with Gasteiger partial charge in [0.15, 0.2) is 11.6 Å². The van der Waals surface area contributed by atoms with Gasteiger partial charge in [-0.2, -0.15) is 0 Å². The largest absolute Gasteiger partial charge is 0.457 e. The van der Waals surface area contributed by atoms with Crippen molar-refractivity contribution in [3.8, 4) is 0 Å². The van der Waals surface area contributed by atoms with Gasteiger partial charge in [0.1, 0.15) is 24.2 Å². The predicted octanol–water partition coefficient (Wildman–Crippen LogP) is 3.18. The molecule has 0 saturated carbocycles. The zero-order valence-electron chi connectivity index (χ0n) is 21.4. The number of fused-ring (bicyclic) bond motifs is 3. The molecule has 9 nitrogen and oxygen atoms in total. The lowest BCUT2D eigenvalue weighted by Gasteiger charge is -2.23. The summed E-state index contributed by atoms with van der Waals surface area (Å²) in [5.74, 6) is -1.50. The fraction of sp³-hybridized carbons (Fsp3) is 0.481. The van der Waals surface area contributed by atoms with Crippen molar-refractivity contribution in [3.05, 3.63) is 65.6 Å². The van der Waals surface area contributed by atoms with Crippen molar-refractivity contribution >= 4 is 17.8 Å². The number of carbonyl (C=O) groups excluding carboxylic acids is 3. The van der Waals surface area contributed by atoms with Crippen LogP contribution >= 0.6 is 0 Å². The Morgan fingerprint density at radius 3 is 2.76 bits per heavy atom. The standard InChI is InChI=1S/C27H34FN3O6/c1-17(2)23-9-4-10-24(33)29-11-5-7-18(3)13-20(32)14-19(28)15-25-30-21(16-36-25)26(34)31-12-6-8-22(31)27(35)37-23/h4-5,7-8,10,13,16-17,19-20,23,32H,6,9,11-12,14-15H2,1-3H3,(H,29,33)/b7-5+,10-4+,18-13+/t19-,20+,23?/m0/s1. The lowest BCUT2D eigenvalue weighted by Crippen LogP contribution is -2.34. The molecule has 2 aliphatic heterocycles. The van der Waals surface area contributed by atoms with Crippen LogP contribution in [0, 0.1) is 5.92 Å². The Morgan fingerprint density at radius 2 is 2.00 bits per heavy atom. The Labute approximate surface area is 215 Å². The van der Waals surface area contributed by atoms with Gasteiger partial charge >= 0.3 is 5.97 Å². The van der Waals surface area contributed by atoms with Crippen LogP contribution in [0.4, 0.5) is 4.39 Å². The maximum atomic E-state index is 14.6. The molecular formula is C27H34FN3O6. The minimum absolute atomic E-state index is 0.0248. The number of aromatic nitrogens is 1. The molecule has 2 N–H and O–H groups in total. The van der Waals surface area contributed by atoms with Crippen LogP contribution in [0.2, 0.25) is 0 Å². The average molecular weight is 516 g/mol. The van der Waals surface area contributed by atoms with Gasteiger partial charge in [-0.25, -0.2) is 14.2 Å². The Kier molecular flexibility index (Phi) is 9.96. The maximum Gasteiger partial charge on any atom is 0.355 e. The van der Waals surface area contributed by atoms with E-state index in [1.807, 2.05) is 13.8 Å². The van der Waals surface area contributed by atoms with Gasteiger partial charge in [0.25, 0.3) is 5.91 Å². The van der Waals surface area contributed by atoms with E-state index in [0.29, 0.717) is 18.4 Å². The summed E-state index contributed by atoms with van der Waals surface area (Å²) in [6, 6.07) is 0. The first-order valence-electron chi connectivity index (χ1n) is 12.4. The number of halogens is 1. The van der Waals surface area contributed by atoms with Crippen molar-refractivity contribution in [2.24, 2.45) is 5.92 Å². The number of allylic oxidation sites excluding steroid dienone is 2. The van der Waals surface area contributed by atoms with Gasteiger partial charge in [0.2, 0.25) is 5.91 Å². The number of esters is 1. The Hall–Kier alpha value is -3.53. The summed E-state index contributed by atoms with van der Waals surface area (Å²) in [4.78, 5) is 43.5. The van der Waals surface area contributed by atoms with Crippen molar-refractivity contribution in [1.29, 1.82) is 0 Å². The molecule has 0 spiro atoms. The second-order valence-electron chi connectivity index (χ2n) is 9.45. The zero-order valence-corrected chi connectivity index (χ0v) is 21.4. The highest BCUT2D eigenvalue weighted by Crippen LogP contribution is 2.23.